The number of anilines is 2. The molecule has 1 aromatic carbocycles. The second kappa shape index (κ2) is 6.08. The number of rotatable bonds is 5. The highest BCUT2D eigenvalue weighted by atomic mass is 16.2. The van der Waals surface area contributed by atoms with Gasteiger partial charge in [0.25, 0.3) is 0 Å². The van der Waals surface area contributed by atoms with E-state index in [1.807, 2.05) is 24.3 Å². The van der Waals surface area contributed by atoms with Crippen molar-refractivity contribution in [3.05, 3.63) is 24.3 Å². The van der Waals surface area contributed by atoms with Crippen LogP contribution in [0.1, 0.15) is 6.92 Å². The Morgan fingerprint density at radius 1 is 1.42 bits per heavy atom. The summed E-state index contributed by atoms with van der Waals surface area (Å²) in [6, 6.07) is 7.49. The van der Waals surface area contributed by atoms with Gasteiger partial charge in [0.15, 0.2) is 0 Å². The van der Waals surface area contributed by atoms with Gasteiger partial charge in [0.1, 0.15) is 0 Å². The number of amides is 3. The fourth-order valence-corrected chi connectivity index (χ4v) is 1.97. The largest absolute Gasteiger partial charge is 0.383 e. The van der Waals surface area contributed by atoms with Crippen LogP contribution in [0.4, 0.5) is 16.2 Å². The number of urea groups is 1. The Morgan fingerprint density at radius 2 is 2.21 bits per heavy atom. The van der Waals surface area contributed by atoms with Crippen LogP contribution >= 0.6 is 0 Å². The molecule has 3 N–H and O–H groups in total. The average molecular weight is 262 g/mol. The Morgan fingerprint density at radius 3 is 2.89 bits per heavy atom. The van der Waals surface area contributed by atoms with Gasteiger partial charge in [0.2, 0.25) is 5.91 Å². The van der Waals surface area contributed by atoms with Crippen LogP contribution in [0, 0.1) is 0 Å². The van der Waals surface area contributed by atoms with Gasteiger partial charge in [0.05, 0.1) is 0 Å². The average Bonchev–Trinajstić information content (AvgIpc) is 2.75. The van der Waals surface area contributed by atoms with Crippen molar-refractivity contribution in [2.75, 3.05) is 36.8 Å². The van der Waals surface area contributed by atoms with Crippen molar-refractivity contribution < 1.29 is 9.59 Å². The molecule has 0 aromatic heterocycles. The lowest BCUT2D eigenvalue weighted by atomic mass is 10.2. The van der Waals surface area contributed by atoms with E-state index in [0.29, 0.717) is 13.1 Å². The molecule has 0 saturated carbocycles. The number of hydrogen-bond acceptors (Lipinski definition) is 3. The van der Waals surface area contributed by atoms with Gasteiger partial charge in [-0.05, 0) is 18.2 Å². The third-order valence-corrected chi connectivity index (χ3v) is 2.84. The maximum atomic E-state index is 11.3. The van der Waals surface area contributed by atoms with E-state index >= 15 is 0 Å². The molecule has 0 atom stereocenters. The summed E-state index contributed by atoms with van der Waals surface area (Å²) < 4.78 is 0. The SMILES string of the molecule is CC(=O)Nc1cccc(NCCN2CCNC2=O)c1. The highest BCUT2D eigenvalue weighted by Crippen LogP contribution is 2.14. The summed E-state index contributed by atoms with van der Waals surface area (Å²) in [6.07, 6.45) is 0. The van der Waals surface area contributed by atoms with Gasteiger partial charge in [-0.2, -0.15) is 0 Å². The fraction of sp³-hybridized carbons (Fsp3) is 0.385. The molecule has 6 nitrogen and oxygen atoms in total. The first-order valence-electron chi connectivity index (χ1n) is 6.29. The van der Waals surface area contributed by atoms with Crippen LogP contribution < -0.4 is 16.0 Å². The molecule has 1 fully saturated rings. The van der Waals surface area contributed by atoms with Crippen molar-refractivity contribution >= 4 is 23.3 Å². The van der Waals surface area contributed by atoms with E-state index in [-0.39, 0.29) is 11.9 Å². The minimum atomic E-state index is -0.0918. The van der Waals surface area contributed by atoms with E-state index in [1.165, 1.54) is 6.92 Å². The minimum Gasteiger partial charge on any atom is -0.383 e. The van der Waals surface area contributed by atoms with Crippen molar-refractivity contribution in [3.8, 4) is 0 Å². The smallest absolute Gasteiger partial charge is 0.317 e. The van der Waals surface area contributed by atoms with Crippen molar-refractivity contribution in [1.29, 1.82) is 0 Å². The van der Waals surface area contributed by atoms with Crippen molar-refractivity contribution in [3.63, 3.8) is 0 Å². The maximum absolute atomic E-state index is 11.3. The number of benzene rings is 1. The zero-order chi connectivity index (χ0) is 13.7. The standard InChI is InChI=1S/C13H18N4O2/c1-10(18)16-12-4-2-3-11(9-12)14-5-7-17-8-6-15-13(17)19/h2-4,9,14H,5-8H2,1H3,(H,15,19)(H,16,18). The van der Waals surface area contributed by atoms with E-state index < -0.39 is 0 Å². The normalized spacial score (nSPS) is 14.2. The van der Waals surface area contributed by atoms with Crippen LogP contribution in [0.25, 0.3) is 0 Å². The zero-order valence-corrected chi connectivity index (χ0v) is 10.9. The molecule has 19 heavy (non-hydrogen) atoms. The van der Waals surface area contributed by atoms with Crippen LogP contribution in [0.15, 0.2) is 24.3 Å². The topological polar surface area (TPSA) is 73.5 Å². The lowest BCUT2D eigenvalue weighted by molar-refractivity contribution is -0.114. The van der Waals surface area contributed by atoms with Crippen LogP contribution in [0.2, 0.25) is 0 Å². The van der Waals surface area contributed by atoms with Crippen LogP contribution in [-0.4, -0.2) is 43.0 Å². The van der Waals surface area contributed by atoms with Crippen molar-refractivity contribution in [2.24, 2.45) is 0 Å². The summed E-state index contributed by atoms with van der Waals surface area (Å²) >= 11 is 0. The first kappa shape index (κ1) is 13.2. The Hall–Kier alpha value is -2.24. The van der Waals surface area contributed by atoms with Gasteiger partial charge in [-0.25, -0.2) is 4.79 Å². The van der Waals surface area contributed by atoms with Gasteiger partial charge < -0.3 is 20.9 Å². The van der Waals surface area contributed by atoms with Crippen molar-refractivity contribution in [1.82, 2.24) is 10.2 Å². The molecule has 3 amide bonds. The highest BCUT2D eigenvalue weighted by molar-refractivity contribution is 5.89. The van der Waals surface area contributed by atoms with Gasteiger partial charge in [-0.1, -0.05) is 6.07 Å². The molecule has 0 spiro atoms. The van der Waals surface area contributed by atoms with E-state index in [0.717, 1.165) is 24.5 Å². The molecular formula is C13H18N4O2. The summed E-state index contributed by atoms with van der Waals surface area (Å²) in [4.78, 5) is 24.1. The van der Waals surface area contributed by atoms with Crippen LogP contribution in [-0.2, 0) is 4.79 Å². The van der Waals surface area contributed by atoms with E-state index in [9.17, 15) is 9.59 Å². The number of carbonyl (C=O) groups excluding carboxylic acids is 2. The molecule has 1 heterocycles. The lowest BCUT2D eigenvalue weighted by Crippen LogP contribution is -2.32. The Labute approximate surface area is 112 Å². The molecule has 1 aromatic rings. The molecule has 0 radical (unpaired) electrons. The lowest BCUT2D eigenvalue weighted by Gasteiger charge is -2.15. The predicted octanol–water partition coefficient (Wildman–Crippen LogP) is 1.08. The fourth-order valence-electron chi connectivity index (χ4n) is 1.97. The third-order valence-electron chi connectivity index (χ3n) is 2.84. The number of nitrogens with zero attached hydrogens (tertiary/aromatic N) is 1. The Kier molecular flexibility index (Phi) is 4.22. The van der Waals surface area contributed by atoms with E-state index in [1.54, 1.807) is 4.90 Å². The number of hydrogen-bond donors (Lipinski definition) is 3. The summed E-state index contributed by atoms with van der Waals surface area (Å²) in [5.41, 5.74) is 1.68. The Bertz CT molecular complexity index is 475. The molecule has 102 valence electrons. The van der Waals surface area contributed by atoms with Gasteiger partial charge in [-0.15, -0.1) is 0 Å². The summed E-state index contributed by atoms with van der Waals surface area (Å²) in [5.74, 6) is -0.0918. The first-order chi connectivity index (χ1) is 9.15. The molecule has 0 unspecified atom stereocenters. The third kappa shape index (κ3) is 3.87. The molecule has 0 bridgehead atoms. The maximum Gasteiger partial charge on any atom is 0.317 e. The number of nitrogens with one attached hydrogen (secondary N) is 3. The quantitative estimate of drug-likeness (QED) is 0.743. The monoisotopic (exact) mass is 262 g/mol. The highest BCUT2D eigenvalue weighted by Gasteiger charge is 2.18. The zero-order valence-electron chi connectivity index (χ0n) is 10.9. The van der Waals surface area contributed by atoms with Gasteiger partial charge in [-0.3, -0.25) is 4.79 Å². The predicted molar refractivity (Wildman–Crippen MR) is 74.2 cm³/mol. The summed E-state index contributed by atoms with van der Waals surface area (Å²) in [7, 11) is 0. The molecule has 1 aliphatic rings. The second-order valence-corrected chi connectivity index (χ2v) is 4.41. The summed E-state index contributed by atoms with van der Waals surface area (Å²) in [5, 5.41) is 8.72. The molecular weight excluding hydrogens is 244 g/mol. The van der Waals surface area contributed by atoms with Crippen molar-refractivity contribution in [2.45, 2.75) is 6.92 Å². The minimum absolute atomic E-state index is 0.00574. The molecule has 2 rings (SSSR count). The summed E-state index contributed by atoms with van der Waals surface area (Å²) in [6.45, 7) is 4.29. The van der Waals surface area contributed by atoms with E-state index in [2.05, 4.69) is 16.0 Å². The Balaban J connectivity index is 1.82. The van der Waals surface area contributed by atoms with Gasteiger partial charge in [0, 0.05) is 44.5 Å². The van der Waals surface area contributed by atoms with Crippen LogP contribution in [0.5, 0.6) is 0 Å². The van der Waals surface area contributed by atoms with Gasteiger partial charge >= 0.3 is 6.03 Å². The first-order valence-corrected chi connectivity index (χ1v) is 6.29. The number of carbonyl (C=O) groups is 2. The molecule has 6 heteroatoms. The molecule has 0 aliphatic carbocycles. The second-order valence-electron chi connectivity index (χ2n) is 4.41. The molecule has 1 aliphatic heterocycles. The molecule has 1 saturated heterocycles. The van der Waals surface area contributed by atoms with E-state index in [4.69, 9.17) is 0 Å². The van der Waals surface area contributed by atoms with Crippen LogP contribution in [0.3, 0.4) is 0 Å².